The summed E-state index contributed by atoms with van der Waals surface area (Å²) in [6.07, 6.45) is 2.58. The van der Waals surface area contributed by atoms with Gasteiger partial charge in [0, 0.05) is 25.1 Å². The highest BCUT2D eigenvalue weighted by Gasteiger charge is 2.26. The molecular weight excluding hydrogens is 310 g/mol. The first-order valence-corrected chi connectivity index (χ1v) is 9.29. The smallest absolute Gasteiger partial charge is 0.222 e. The number of ether oxygens (including phenoxy) is 1. The number of nitrogens with two attached hydrogens (primary N) is 1. The first kappa shape index (κ1) is 18.4. The third kappa shape index (κ3) is 5.57. The lowest BCUT2D eigenvalue weighted by Crippen LogP contribution is -2.42. The Morgan fingerprint density at radius 3 is 2.83 bits per heavy atom. The molecular formula is C17H29N3O2S. The maximum absolute atomic E-state index is 12.1. The molecule has 1 amide bonds. The Kier molecular flexibility index (Phi) is 7.49. The minimum absolute atomic E-state index is 0.00855. The third-order valence-corrected chi connectivity index (χ3v) is 5.61. The van der Waals surface area contributed by atoms with Crippen LogP contribution in [0.1, 0.15) is 37.1 Å². The zero-order valence-corrected chi connectivity index (χ0v) is 15.0. The second-order valence-corrected chi connectivity index (χ2v) is 7.33. The van der Waals surface area contributed by atoms with Crippen LogP contribution in [-0.2, 0) is 9.53 Å². The number of amides is 1. The zero-order valence-electron chi connectivity index (χ0n) is 14.2. The van der Waals surface area contributed by atoms with E-state index < -0.39 is 0 Å². The van der Waals surface area contributed by atoms with Gasteiger partial charge in [-0.2, -0.15) is 0 Å². The molecule has 0 aliphatic carbocycles. The van der Waals surface area contributed by atoms with Crippen LogP contribution in [0, 0.1) is 5.92 Å². The lowest BCUT2D eigenvalue weighted by Gasteiger charge is -2.36. The van der Waals surface area contributed by atoms with Gasteiger partial charge >= 0.3 is 0 Å². The normalized spacial score (nSPS) is 19.4. The average molecular weight is 340 g/mol. The maximum Gasteiger partial charge on any atom is 0.222 e. The number of nitrogens with one attached hydrogen (secondary N) is 1. The summed E-state index contributed by atoms with van der Waals surface area (Å²) in [5.74, 6) is 0.811. The van der Waals surface area contributed by atoms with Crippen molar-refractivity contribution in [1.82, 2.24) is 10.2 Å². The quantitative estimate of drug-likeness (QED) is 0.760. The summed E-state index contributed by atoms with van der Waals surface area (Å²) >= 11 is 1.76. The largest absolute Gasteiger partial charge is 0.380 e. The number of methoxy groups -OCH3 is 1. The van der Waals surface area contributed by atoms with Crippen LogP contribution in [-0.4, -0.2) is 50.2 Å². The molecule has 130 valence electrons. The number of carbonyl (C=O) groups excluding carboxylic acids is 1. The number of carbonyl (C=O) groups is 1. The molecule has 0 radical (unpaired) electrons. The number of piperidine rings is 1. The Balaban J connectivity index is 1.92. The Morgan fingerprint density at radius 1 is 1.52 bits per heavy atom. The summed E-state index contributed by atoms with van der Waals surface area (Å²) in [4.78, 5) is 15.9. The molecule has 1 aromatic heterocycles. The van der Waals surface area contributed by atoms with E-state index in [4.69, 9.17) is 10.5 Å². The molecule has 0 saturated carbocycles. The SMILES string of the molecule is COC(CN)CC(=O)NCC(c1cccs1)N1CCC(C)CC1. The molecule has 1 aliphatic rings. The molecule has 1 fully saturated rings. The van der Waals surface area contributed by atoms with Gasteiger partial charge in [0.15, 0.2) is 0 Å². The Labute approximate surface area is 143 Å². The van der Waals surface area contributed by atoms with E-state index in [1.54, 1.807) is 18.4 Å². The lowest BCUT2D eigenvalue weighted by atomic mass is 9.97. The molecule has 1 aliphatic heterocycles. The minimum Gasteiger partial charge on any atom is -0.380 e. The van der Waals surface area contributed by atoms with Crippen molar-refractivity contribution >= 4 is 17.2 Å². The second kappa shape index (κ2) is 9.37. The number of likely N-dealkylation sites (tertiary alicyclic amines) is 1. The van der Waals surface area contributed by atoms with E-state index in [-0.39, 0.29) is 18.1 Å². The molecule has 2 unspecified atom stereocenters. The summed E-state index contributed by atoms with van der Waals surface area (Å²) < 4.78 is 5.18. The zero-order chi connectivity index (χ0) is 16.7. The van der Waals surface area contributed by atoms with E-state index >= 15 is 0 Å². The van der Waals surface area contributed by atoms with Crippen LogP contribution in [0.25, 0.3) is 0 Å². The number of nitrogens with zero attached hydrogens (tertiary/aromatic N) is 1. The Bertz CT molecular complexity index is 454. The van der Waals surface area contributed by atoms with E-state index in [1.807, 2.05) is 0 Å². The van der Waals surface area contributed by atoms with E-state index in [1.165, 1.54) is 17.7 Å². The molecule has 3 N–H and O–H groups in total. The molecule has 0 spiro atoms. The van der Waals surface area contributed by atoms with E-state index in [9.17, 15) is 4.79 Å². The van der Waals surface area contributed by atoms with Crippen molar-refractivity contribution in [3.05, 3.63) is 22.4 Å². The van der Waals surface area contributed by atoms with Gasteiger partial charge in [0.1, 0.15) is 0 Å². The van der Waals surface area contributed by atoms with Crippen molar-refractivity contribution in [2.24, 2.45) is 11.7 Å². The molecule has 5 nitrogen and oxygen atoms in total. The predicted octanol–water partition coefficient (Wildman–Crippen LogP) is 2.00. The monoisotopic (exact) mass is 339 g/mol. The summed E-state index contributed by atoms with van der Waals surface area (Å²) in [6.45, 7) is 5.53. The van der Waals surface area contributed by atoms with Gasteiger partial charge in [-0.05, 0) is 43.3 Å². The molecule has 1 saturated heterocycles. The first-order valence-electron chi connectivity index (χ1n) is 8.41. The fourth-order valence-corrected chi connectivity index (χ4v) is 3.84. The van der Waals surface area contributed by atoms with Crippen molar-refractivity contribution in [3.63, 3.8) is 0 Å². The third-order valence-electron chi connectivity index (χ3n) is 4.63. The Morgan fingerprint density at radius 2 is 2.26 bits per heavy atom. The van der Waals surface area contributed by atoms with Crippen molar-refractivity contribution in [2.75, 3.05) is 33.3 Å². The van der Waals surface area contributed by atoms with E-state index in [0.29, 0.717) is 19.5 Å². The topological polar surface area (TPSA) is 67.6 Å². The summed E-state index contributed by atoms with van der Waals surface area (Å²) in [5, 5.41) is 5.17. The molecule has 0 bridgehead atoms. The van der Waals surface area contributed by atoms with Crippen LogP contribution in [0.5, 0.6) is 0 Å². The number of rotatable bonds is 8. The number of thiophene rings is 1. The van der Waals surface area contributed by atoms with Crippen LogP contribution in [0.3, 0.4) is 0 Å². The predicted molar refractivity (Wildman–Crippen MR) is 94.5 cm³/mol. The van der Waals surface area contributed by atoms with E-state index in [0.717, 1.165) is 19.0 Å². The summed E-state index contributed by atoms with van der Waals surface area (Å²) in [5.41, 5.74) is 5.58. The van der Waals surface area contributed by atoms with Gasteiger partial charge in [0.05, 0.1) is 18.6 Å². The van der Waals surface area contributed by atoms with Gasteiger partial charge in [-0.1, -0.05) is 13.0 Å². The Hall–Kier alpha value is -0.950. The van der Waals surface area contributed by atoms with Gasteiger partial charge < -0.3 is 15.8 Å². The van der Waals surface area contributed by atoms with E-state index in [2.05, 4.69) is 34.7 Å². The summed E-state index contributed by atoms with van der Waals surface area (Å²) in [6, 6.07) is 4.51. The van der Waals surface area contributed by atoms with Crippen molar-refractivity contribution in [1.29, 1.82) is 0 Å². The number of hydrogen-bond donors (Lipinski definition) is 2. The van der Waals surface area contributed by atoms with Gasteiger partial charge in [0.25, 0.3) is 0 Å². The standard InChI is InChI=1S/C17H29N3O2S/c1-13-5-7-20(8-6-13)15(16-4-3-9-23-16)12-19-17(21)10-14(11-18)22-2/h3-4,9,13-15H,5-8,10-12,18H2,1-2H3,(H,19,21). The molecule has 2 rings (SSSR count). The van der Waals surface area contributed by atoms with Crippen LogP contribution in [0.2, 0.25) is 0 Å². The van der Waals surface area contributed by atoms with Crippen LogP contribution in [0.15, 0.2) is 17.5 Å². The number of hydrogen-bond acceptors (Lipinski definition) is 5. The van der Waals surface area contributed by atoms with Gasteiger partial charge in [-0.3, -0.25) is 9.69 Å². The van der Waals surface area contributed by atoms with Crippen molar-refractivity contribution in [2.45, 2.75) is 38.3 Å². The molecule has 2 heterocycles. The second-order valence-electron chi connectivity index (χ2n) is 6.35. The van der Waals surface area contributed by atoms with Gasteiger partial charge in [0.2, 0.25) is 5.91 Å². The van der Waals surface area contributed by atoms with Gasteiger partial charge in [-0.15, -0.1) is 11.3 Å². The fraction of sp³-hybridized carbons (Fsp3) is 0.706. The lowest BCUT2D eigenvalue weighted by molar-refractivity contribution is -0.123. The molecule has 23 heavy (non-hydrogen) atoms. The average Bonchev–Trinajstić information content (AvgIpc) is 3.08. The molecule has 0 aromatic carbocycles. The maximum atomic E-state index is 12.1. The highest BCUT2D eigenvalue weighted by molar-refractivity contribution is 7.10. The highest BCUT2D eigenvalue weighted by atomic mass is 32.1. The molecule has 2 atom stereocenters. The fourth-order valence-electron chi connectivity index (χ4n) is 2.98. The molecule has 1 aromatic rings. The van der Waals surface area contributed by atoms with Crippen LogP contribution < -0.4 is 11.1 Å². The summed E-state index contributed by atoms with van der Waals surface area (Å²) in [7, 11) is 1.59. The van der Waals surface area contributed by atoms with Crippen LogP contribution in [0.4, 0.5) is 0 Å². The van der Waals surface area contributed by atoms with Crippen molar-refractivity contribution in [3.8, 4) is 0 Å². The first-order chi connectivity index (χ1) is 11.1. The van der Waals surface area contributed by atoms with Crippen molar-refractivity contribution < 1.29 is 9.53 Å². The van der Waals surface area contributed by atoms with Gasteiger partial charge in [-0.25, -0.2) is 0 Å². The molecule has 6 heteroatoms. The van der Waals surface area contributed by atoms with Crippen LogP contribution >= 0.6 is 11.3 Å². The minimum atomic E-state index is -0.203. The highest BCUT2D eigenvalue weighted by Crippen LogP contribution is 2.29.